The van der Waals surface area contributed by atoms with Crippen molar-refractivity contribution < 1.29 is 9.47 Å². The van der Waals surface area contributed by atoms with Crippen LogP contribution in [0.3, 0.4) is 0 Å². The first kappa shape index (κ1) is 10.4. The molecule has 0 radical (unpaired) electrons. The Labute approximate surface area is 103 Å². The van der Waals surface area contributed by atoms with Gasteiger partial charge in [-0.05, 0) is 12.1 Å². The standard InChI is InChI=1S/C12H12N2O2S/c1-15-8-4-2-3-7-10-9(17-12(13)14-10)5-6-16-11(7)8/h2-4H,5-6H2,1H3,(H2,13,14). The van der Waals surface area contributed by atoms with Crippen LogP contribution < -0.4 is 15.2 Å². The molecule has 2 aromatic rings. The van der Waals surface area contributed by atoms with Crippen molar-refractivity contribution in [2.75, 3.05) is 19.5 Å². The van der Waals surface area contributed by atoms with Crippen LogP contribution in [0, 0.1) is 0 Å². The number of anilines is 1. The molecule has 0 saturated carbocycles. The lowest BCUT2D eigenvalue weighted by Crippen LogP contribution is -1.99. The summed E-state index contributed by atoms with van der Waals surface area (Å²) in [5, 5.41) is 0.602. The van der Waals surface area contributed by atoms with E-state index in [-0.39, 0.29) is 0 Å². The molecule has 2 heterocycles. The number of benzene rings is 1. The van der Waals surface area contributed by atoms with E-state index < -0.39 is 0 Å². The van der Waals surface area contributed by atoms with Gasteiger partial charge in [0.1, 0.15) is 0 Å². The third kappa shape index (κ3) is 1.63. The van der Waals surface area contributed by atoms with Crippen molar-refractivity contribution in [3.8, 4) is 22.8 Å². The highest BCUT2D eigenvalue weighted by atomic mass is 32.1. The Bertz CT molecular complexity index is 566. The van der Waals surface area contributed by atoms with Crippen LogP contribution in [0.25, 0.3) is 11.3 Å². The molecule has 0 fully saturated rings. The SMILES string of the molecule is COc1cccc2c1OCCc1sc(N)nc1-2. The van der Waals surface area contributed by atoms with Crippen LogP contribution in [0.15, 0.2) is 18.2 Å². The highest BCUT2D eigenvalue weighted by molar-refractivity contribution is 7.15. The Morgan fingerprint density at radius 2 is 2.35 bits per heavy atom. The van der Waals surface area contributed by atoms with Crippen molar-refractivity contribution >= 4 is 16.5 Å². The topological polar surface area (TPSA) is 57.4 Å². The smallest absolute Gasteiger partial charge is 0.180 e. The molecule has 0 spiro atoms. The van der Waals surface area contributed by atoms with E-state index in [1.54, 1.807) is 7.11 Å². The van der Waals surface area contributed by atoms with Gasteiger partial charge in [0.05, 0.1) is 19.4 Å². The Morgan fingerprint density at radius 1 is 1.47 bits per heavy atom. The zero-order chi connectivity index (χ0) is 11.8. The highest BCUT2D eigenvalue weighted by Gasteiger charge is 2.22. The van der Waals surface area contributed by atoms with Gasteiger partial charge in [-0.25, -0.2) is 4.98 Å². The van der Waals surface area contributed by atoms with Crippen molar-refractivity contribution in [1.29, 1.82) is 0 Å². The lowest BCUT2D eigenvalue weighted by molar-refractivity contribution is 0.302. The number of nitrogens with two attached hydrogens (primary N) is 1. The average Bonchev–Trinajstić information content (AvgIpc) is 2.62. The summed E-state index contributed by atoms with van der Waals surface area (Å²) in [4.78, 5) is 5.56. The zero-order valence-electron chi connectivity index (χ0n) is 9.40. The van der Waals surface area contributed by atoms with Gasteiger partial charge in [0.25, 0.3) is 0 Å². The number of nitrogen functional groups attached to an aromatic ring is 1. The van der Waals surface area contributed by atoms with Crippen LogP contribution in [0.1, 0.15) is 4.88 Å². The number of nitrogens with zero attached hydrogens (tertiary/aromatic N) is 1. The molecule has 2 N–H and O–H groups in total. The number of thiazole rings is 1. The number of fused-ring (bicyclic) bond motifs is 3. The van der Waals surface area contributed by atoms with Crippen molar-refractivity contribution in [3.05, 3.63) is 23.1 Å². The van der Waals surface area contributed by atoms with Gasteiger partial charge in [0.2, 0.25) is 0 Å². The Hall–Kier alpha value is -1.75. The van der Waals surface area contributed by atoms with Crippen molar-refractivity contribution in [3.63, 3.8) is 0 Å². The van der Waals surface area contributed by atoms with E-state index in [0.717, 1.165) is 29.2 Å². The van der Waals surface area contributed by atoms with E-state index in [9.17, 15) is 0 Å². The second-order valence-electron chi connectivity index (χ2n) is 3.76. The molecule has 1 aliphatic rings. The summed E-state index contributed by atoms with van der Waals surface area (Å²) in [6, 6.07) is 5.81. The fraction of sp³-hybridized carbons (Fsp3) is 0.250. The molecule has 0 bridgehead atoms. The van der Waals surface area contributed by atoms with Crippen LogP contribution in [-0.4, -0.2) is 18.7 Å². The molecule has 1 aliphatic heterocycles. The van der Waals surface area contributed by atoms with Crippen LogP contribution in [0.2, 0.25) is 0 Å². The first-order valence-corrected chi connectivity index (χ1v) is 6.16. The maximum absolute atomic E-state index is 5.77. The second kappa shape index (κ2) is 3.92. The van der Waals surface area contributed by atoms with Crippen LogP contribution >= 0.6 is 11.3 Å². The predicted molar refractivity (Wildman–Crippen MR) is 67.7 cm³/mol. The molecule has 17 heavy (non-hydrogen) atoms. The number of ether oxygens (including phenoxy) is 2. The first-order valence-electron chi connectivity index (χ1n) is 5.35. The summed E-state index contributed by atoms with van der Waals surface area (Å²) in [6.45, 7) is 0.627. The molecule has 0 unspecified atom stereocenters. The number of aromatic nitrogens is 1. The van der Waals surface area contributed by atoms with Crippen LogP contribution in [-0.2, 0) is 6.42 Å². The maximum Gasteiger partial charge on any atom is 0.180 e. The van der Waals surface area contributed by atoms with Gasteiger partial charge in [0, 0.05) is 16.9 Å². The summed E-state index contributed by atoms with van der Waals surface area (Å²) in [5.74, 6) is 1.50. The highest BCUT2D eigenvalue weighted by Crippen LogP contribution is 2.42. The van der Waals surface area contributed by atoms with Crippen molar-refractivity contribution in [2.24, 2.45) is 0 Å². The summed E-state index contributed by atoms with van der Waals surface area (Å²) in [7, 11) is 1.64. The monoisotopic (exact) mass is 248 g/mol. The van der Waals surface area contributed by atoms with Crippen LogP contribution in [0.5, 0.6) is 11.5 Å². The van der Waals surface area contributed by atoms with E-state index in [2.05, 4.69) is 4.98 Å². The molecular formula is C12H12N2O2S. The minimum atomic E-state index is 0.602. The Morgan fingerprint density at radius 3 is 3.18 bits per heavy atom. The normalized spacial score (nSPS) is 13.2. The minimum absolute atomic E-state index is 0.602. The third-order valence-corrected chi connectivity index (χ3v) is 3.69. The number of para-hydroxylation sites is 1. The summed E-state index contributed by atoms with van der Waals surface area (Å²) in [6.07, 6.45) is 0.835. The van der Waals surface area contributed by atoms with E-state index in [1.165, 1.54) is 16.2 Å². The van der Waals surface area contributed by atoms with Gasteiger partial charge >= 0.3 is 0 Å². The third-order valence-electron chi connectivity index (χ3n) is 2.74. The van der Waals surface area contributed by atoms with E-state index in [4.69, 9.17) is 15.2 Å². The van der Waals surface area contributed by atoms with Gasteiger partial charge in [0.15, 0.2) is 16.6 Å². The molecule has 0 atom stereocenters. The average molecular weight is 248 g/mol. The molecule has 4 nitrogen and oxygen atoms in total. The van der Waals surface area contributed by atoms with Gasteiger partial charge < -0.3 is 15.2 Å². The number of rotatable bonds is 1. The zero-order valence-corrected chi connectivity index (χ0v) is 10.2. The van der Waals surface area contributed by atoms with E-state index >= 15 is 0 Å². The van der Waals surface area contributed by atoms with Crippen molar-refractivity contribution in [2.45, 2.75) is 6.42 Å². The molecular weight excluding hydrogens is 236 g/mol. The Kier molecular flexibility index (Phi) is 2.40. The fourth-order valence-corrected chi connectivity index (χ4v) is 2.83. The summed E-state index contributed by atoms with van der Waals surface area (Å²) < 4.78 is 11.1. The fourth-order valence-electron chi connectivity index (χ4n) is 2.01. The molecule has 0 aliphatic carbocycles. The van der Waals surface area contributed by atoms with Gasteiger partial charge in [-0.3, -0.25) is 0 Å². The van der Waals surface area contributed by atoms with Gasteiger partial charge in [-0.15, -0.1) is 11.3 Å². The van der Waals surface area contributed by atoms with Crippen LogP contribution in [0.4, 0.5) is 5.13 Å². The Balaban J connectivity index is 2.25. The molecule has 1 aromatic heterocycles. The van der Waals surface area contributed by atoms with Gasteiger partial charge in [-0.1, -0.05) is 6.07 Å². The quantitative estimate of drug-likeness (QED) is 0.841. The van der Waals surface area contributed by atoms with Crippen molar-refractivity contribution in [1.82, 2.24) is 4.98 Å². The lowest BCUT2D eigenvalue weighted by atomic mass is 10.1. The predicted octanol–water partition coefficient (Wildman–Crippen LogP) is 2.34. The molecule has 5 heteroatoms. The number of methoxy groups -OCH3 is 1. The summed E-state index contributed by atoms with van der Waals surface area (Å²) in [5.41, 5.74) is 7.66. The number of hydrogen-bond acceptors (Lipinski definition) is 5. The summed E-state index contributed by atoms with van der Waals surface area (Å²) >= 11 is 1.53. The van der Waals surface area contributed by atoms with E-state index in [0.29, 0.717) is 11.7 Å². The molecule has 3 rings (SSSR count). The largest absolute Gasteiger partial charge is 0.493 e. The lowest BCUT2D eigenvalue weighted by Gasteiger charge is -2.11. The maximum atomic E-state index is 5.77. The molecule has 0 saturated heterocycles. The minimum Gasteiger partial charge on any atom is -0.493 e. The molecule has 88 valence electrons. The molecule has 0 amide bonds. The molecule has 1 aromatic carbocycles. The second-order valence-corrected chi connectivity index (χ2v) is 4.87. The van der Waals surface area contributed by atoms with E-state index in [1.807, 2.05) is 18.2 Å². The van der Waals surface area contributed by atoms with Gasteiger partial charge in [-0.2, -0.15) is 0 Å². The number of hydrogen-bond donors (Lipinski definition) is 1. The first-order chi connectivity index (χ1) is 8.29.